The normalized spacial score (nSPS) is 10.9. The fourth-order valence-corrected chi connectivity index (χ4v) is 4.06. The molecule has 2 heterocycles. The average Bonchev–Trinajstić information content (AvgIpc) is 3.00. The molecular weight excluding hydrogens is 396 g/mol. The van der Waals surface area contributed by atoms with Crippen molar-refractivity contribution in [1.29, 1.82) is 0 Å². The number of anilines is 3. The number of nitrogens with zero attached hydrogens (tertiary/aromatic N) is 2. The summed E-state index contributed by atoms with van der Waals surface area (Å²) in [6, 6.07) is 9.18. The lowest BCUT2D eigenvalue weighted by atomic mass is 10.0. The summed E-state index contributed by atoms with van der Waals surface area (Å²) >= 11 is 1.45. The number of nitrogens with one attached hydrogen (secondary N) is 2. The number of nitrogens with two attached hydrogens (primary N) is 1. The number of amides is 2. The van der Waals surface area contributed by atoms with Gasteiger partial charge in [-0.25, -0.2) is 23.5 Å². The van der Waals surface area contributed by atoms with Crippen LogP contribution in [0.4, 0.5) is 30.8 Å². The standard InChI is InChI=1S/C20H15F2N5OS/c1-10-16(17-18(23)24-9-25-19(17)29-10)11-5-6-15(14(22)7-11)27-20(28)26-13-4-2-3-12(21)8-13/h2-9H,1H3,(H2,23,24,25)(H2,26,27,28). The largest absolute Gasteiger partial charge is 0.383 e. The van der Waals surface area contributed by atoms with Gasteiger partial charge in [0.05, 0.1) is 11.1 Å². The van der Waals surface area contributed by atoms with E-state index < -0.39 is 17.7 Å². The van der Waals surface area contributed by atoms with Gasteiger partial charge < -0.3 is 16.4 Å². The van der Waals surface area contributed by atoms with Crippen molar-refractivity contribution in [3.63, 3.8) is 0 Å². The smallest absolute Gasteiger partial charge is 0.323 e. The molecule has 0 saturated heterocycles. The number of aryl methyl sites for hydroxylation is 1. The summed E-state index contributed by atoms with van der Waals surface area (Å²) in [6.45, 7) is 1.90. The van der Waals surface area contributed by atoms with Gasteiger partial charge in [-0.1, -0.05) is 12.1 Å². The summed E-state index contributed by atoms with van der Waals surface area (Å²) in [4.78, 5) is 22.0. The second-order valence-electron chi connectivity index (χ2n) is 6.26. The summed E-state index contributed by atoms with van der Waals surface area (Å²) in [5.74, 6) is -0.780. The minimum absolute atomic E-state index is 0.0101. The third-order valence-electron chi connectivity index (χ3n) is 4.28. The number of hydrogen-bond donors (Lipinski definition) is 3. The fraction of sp³-hybridized carbons (Fsp3) is 0.0500. The Morgan fingerprint density at radius 1 is 1.10 bits per heavy atom. The number of aromatic nitrogens is 2. The maximum atomic E-state index is 14.7. The summed E-state index contributed by atoms with van der Waals surface area (Å²) < 4.78 is 27.9. The summed E-state index contributed by atoms with van der Waals surface area (Å²) in [6.07, 6.45) is 1.39. The molecule has 146 valence electrons. The number of carbonyl (C=O) groups is 1. The fourth-order valence-electron chi connectivity index (χ4n) is 3.04. The predicted molar refractivity (Wildman–Crippen MR) is 111 cm³/mol. The van der Waals surface area contributed by atoms with E-state index in [2.05, 4.69) is 20.6 Å². The maximum Gasteiger partial charge on any atom is 0.323 e. The molecule has 0 radical (unpaired) electrons. The summed E-state index contributed by atoms with van der Waals surface area (Å²) in [5, 5.41) is 5.55. The predicted octanol–water partition coefficient (Wildman–Crippen LogP) is 5.17. The highest BCUT2D eigenvalue weighted by molar-refractivity contribution is 7.19. The molecule has 4 aromatic rings. The molecule has 0 bridgehead atoms. The number of hydrogen-bond acceptors (Lipinski definition) is 5. The Bertz CT molecular complexity index is 1240. The van der Waals surface area contributed by atoms with Gasteiger partial charge in [-0.3, -0.25) is 0 Å². The molecule has 9 heteroatoms. The first kappa shape index (κ1) is 18.8. The molecule has 4 N–H and O–H groups in total. The number of carbonyl (C=O) groups excluding carboxylic acids is 1. The van der Waals surface area contributed by atoms with Crippen LogP contribution in [0.5, 0.6) is 0 Å². The molecule has 0 saturated carbocycles. The highest BCUT2D eigenvalue weighted by Gasteiger charge is 2.17. The molecule has 0 fully saturated rings. The van der Waals surface area contributed by atoms with Crippen LogP contribution in [0, 0.1) is 18.6 Å². The molecule has 0 aliphatic heterocycles. The summed E-state index contributed by atoms with van der Waals surface area (Å²) in [7, 11) is 0. The molecule has 0 atom stereocenters. The summed E-state index contributed by atoms with van der Waals surface area (Å²) in [5.41, 5.74) is 7.61. The van der Waals surface area contributed by atoms with Crippen molar-refractivity contribution in [1.82, 2.24) is 9.97 Å². The van der Waals surface area contributed by atoms with Gasteiger partial charge in [0, 0.05) is 16.1 Å². The Kier molecular flexibility index (Phi) is 4.81. The van der Waals surface area contributed by atoms with Crippen LogP contribution >= 0.6 is 11.3 Å². The lowest BCUT2D eigenvalue weighted by Gasteiger charge is -2.10. The minimum Gasteiger partial charge on any atom is -0.383 e. The van der Waals surface area contributed by atoms with Crippen molar-refractivity contribution < 1.29 is 13.6 Å². The molecule has 0 aliphatic rings. The Morgan fingerprint density at radius 3 is 2.69 bits per heavy atom. The van der Waals surface area contributed by atoms with Gasteiger partial charge in [0.1, 0.15) is 28.6 Å². The molecule has 6 nitrogen and oxygen atoms in total. The van der Waals surface area contributed by atoms with E-state index in [0.717, 1.165) is 21.3 Å². The molecule has 0 unspecified atom stereocenters. The number of fused-ring (bicyclic) bond motifs is 1. The number of thiophene rings is 1. The molecular formula is C20H15F2N5OS. The second-order valence-corrected chi connectivity index (χ2v) is 7.46. The van der Waals surface area contributed by atoms with E-state index in [1.165, 1.54) is 48.0 Å². The average molecular weight is 411 g/mol. The maximum absolute atomic E-state index is 14.7. The van der Waals surface area contributed by atoms with Crippen LogP contribution in [0.25, 0.3) is 21.3 Å². The highest BCUT2D eigenvalue weighted by atomic mass is 32.1. The van der Waals surface area contributed by atoms with Gasteiger partial charge in [-0.15, -0.1) is 11.3 Å². The quantitative estimate of drug-likeness (QED) is 0.434. The van der Waals surface area contributed by atoms with Gasteiger partial charge in [0.2, 0.25) is 0 Å². The number of halogens is 2. The zero-order valence-electron chi connectivity index (χ0n) is 15.2. The van der Waals surface area contributed by atoms with Crippen molar-refractivity contribution in [2.75, 3.05) is 16.4 Å². The SMILES string of the molecule is Cc1sc2ncnc(N)c2c1-c1ccc(NC(=O)Nc2cccc(F)c2)c(F)c1. The van der Waals surface area contributed by atoms with E-state index in [1.54, 1.807) is 6.07 Å². The zero-order chi connectivity index (χ0) is 20.5. The lowest BCUT2D eigenvalue weighted by molar-refractivity contribution is 0.262. The molecule has 2 aromatic heterocycles. The first-order chi connectivity index (χ1) is 13.9. The zero-order valence-corrected chi connectivity index (χ0v) is 16.0. The van der Waals surface area contributed by atoms with E-state index in [1.807, 2.05) is 6.92 Å². The van der Waals surface area contributed by atoms with Crippen LogP contribution in [0.15, 0.2) is 48.8 Å². The van der Waals surface area contributed by atoms with E-state index in [4.69, 9.17) is 5.73 Å². The lowest BCUT2D eigenvalue weighted by Crippen LogP contribution is -2.20. The van der Waals surface area contributed by atoms with Gasteiger partial charge in [0.15, 0.2) is 0 Å². The Morgan fingerprint density at radius 2 is 1.93 bits per heavy atom. The third-order valence-corrected chi connectivity index (χ3v) is 5.30. The molecule has 29 heavy (non-hydrogen) atoms. The molecule has 4 rings (SSSR count). The van der Waals surface area contributed by atoms with Crippen LogP contribution < -0.4 is 16.4 Å². The van der Waals surface area contributed by atoms with Crippen molar-refractivity contribution in [3.8, 4) is 11.1 Å². The van der Waals surface area contributed by atoms with Crippen LogP contribution in [0.1, 0.15) is 4.88 Å². The Labute approximate surface area is 168 Å². The van der Waals surface area contributed by atoms with E-state index in [9.17, 15) is 13.6 Å². The van der Waals surface area contributed by atoms with Gasteiger partial charge in [-0.2, -0.15) is 0 Å². The molecule has 2 aromatic carbocycles. The van der Waals surface area contributed by atoms with Crippen molar-refractivity contribution in [2.24, 2.45) is 0 Å². The number of nitrogen functional groups attached to an aromatic ring is 1. The molecule has 0 aliphatic carbocycles. The van der Waals surface area contributed by atoms with Crippen molar-refractivity contribution >= 4 is 44.8 Å². The van der Waals surface area contributed by atoms with E-state index in [-0.39, 0.29) is 11.4 Å². The van der Waals surface area contributed by atoms with Crippen LogP contribution in [-0.4, -0.2) is 16.0 Å². The third kappa shape index (κ3) is 3.72. The topological polar surface area (TPSA) is 92.9 Å². The number of rotatable bonds is 3. The minimum atomic E-state index is -0.683. The Hall–Kier alpha value is -3.59. The first-order valence-corrected chi connectivity index (χ1v) is 9.37. The van der Waals surface area contributed by atoms with Gasteiger partial charge in [0.25, 0.3) is 0 Å². The number of urea groups is 1. The molecule has 2 amide bonds. The van der Waals surface area contributed by atoms with Gasteiger partial charge in [-0.05, 0) is 42.8 Å². The van der Waals surface area contributed by atoms with Gasteiger partial charge >= 0.3 is 6.03 Å². The van der Waals surface area contributed by atoms with E-state index in [0.29, 0.717) is 16.8 Å². The second kappa shape index (κ2) is 7.44. The number of benzene rings is 2. The van der Waals surface area contributed by atoms with Crippen LogP contribution in [0.2, 0.25) is 0 Å². The van der Waals surface area contributed by atoms with E-state index >= 15 is 0 Å². The van der Waals surface area contributed by atoms with Crippen LogP contribution in [-0.2, 0) is 0 Å². The Balaban J connectivity index is 1.61. The monoisotopic (exact) mass is 411 g/mol. The van der Waals surface area contributed by atoms with Crippen LogP contribution in [0.3, 0.4) is 0 Å². The van der Waals surface area contributed by atoms with Crippen molar-refractivity contribution in [3.05, 3.63) is 65.3 Å². The van der Waals surface area contributed by atoms with Crippen molar-refractivity contribution in [2.45, 2.75) is 6.92 Å². The highest BCUT2D eigenvalue weighted by Crippen LogP contribution is 2.40. The molecule has 0 spiro atoms. The first-order valence-electron chi connectivity index (χ1n) is 8.55.